The van der Waals surface area contributed by atoms with Crippen LogP contribution in [0.4, 0.5) is 4.39 Å². The van der Waals surface area contributed by atoms with Gasteiger partial charge in [-0.3, -0.25) is 4.79 Å². The Morgan fingerprint density at radius 1 is 1.29 bits per heavy atom. The first-order chi connectivity index (χ1) is 8.25. The highest BCUT2D eigenvalue weighted by Crippen LogP contribution is 2.05. The highest BCUT2D eigenvalue weighted by Gasteiger charge is 2.05. The van der Waals surface area contributed by atoms with Crippen LogP contribution in [0.5, 0.6) is 0 Å². The van der Waals surface area contributed by atoms with Crippen molar-refractivity contribution in [2.24, 2.45) is 0 Å². The Labute approximate surface area is 102 Å². The van der Waals surface area contributed by atoms with E-state index in [-0.39, 0.29) is 11.7 Å². The summed E-state index contributed by atoms with van der Waals surface area (Å²) in [6.07, 6.45) is 2.28. The molecule has 0 radical (unpaired) electrons. The number of nitrogens with zero attached hydrogens (tertiary/aromatic N) is 1. The number of benzene rings is 1. The number of carbonyl (C=O) groups excluding carboxylic acids is 1. The van der Waals surface area contributed by atoms with E-state index in [1.807, 2.05) is 0 Å². The highest BCUT2D eigenvalue weighted by atomic mass is 32.1. The second kappa shape index (κ2) is 5.54. The monoisotopic (exact) mass is 250 g/mol. The Bertz CT molecular complexity index is 482. The molecule has 0 fully saturated rings. The van der Waals surface area contributed by atoms with Gasteiger partial charge in [-0.05, 0) is 41.7 Å². The summed E-state index contributed by atoms with van der Waals surface area (Å²) < 4.78 is 16.5. The molecule has 1 N–H and O–H groups in total. The van der Waals surface area contributed by atoms with Gasteiger partial charge in [-0.2, -0.15) is 0 Å². The van der Waals surface area contributed by atoms with Gasteiger partial charge >= 0.3 is 0 Å². The normalized spacial score (nSPS) is 10.2. The molecule has 0 aliphatic heterocycles. The van der Waals surface area contributed by atoms with Crippen LogP contribution >= 0.6 is 11.5 Å². The van der Waals surface area contributed by atoms with E-state index in [0.29, 0.717) is 17.8 Å². The molecule has 0 atom stereocenters. The molecule has 2 aromatic rings. The van der Waals surface area contributed by atoms with Gasteiger partial charge < -0.3 is 5.32 Å². The summed E-state index contributed by atoms with van der Waals surface area (Å²) >= 11 is 1.17. The smallest absolute Gasteiger partial charge is 0.262 e. The van der Waals surface area contributed by atoms with Crippen LogP contribution in [0.2, 0.25) is 0 Å². The summed E-state index contributed by atoms with van der Waals surface area (Å²) in [5, 5.41) is 2.79. The Morgan fingerprint density at radius 3 is 2.71 bits per heavy atom. The van der Waals surface area contributed by atoms with Crippen LogP contribution in [0.25, 0.3) is 0 Å². The average Bonchev–Trinajstić information content (AvgIpc) is 2.85. The van der Waals surface area contributed by atoms with Gasteiger partial charge in [0.2, 0.25) is 0 Å². The van der Waals surface area contributed by atoms with Crippen LogP contribution in [-0.2, 0) is 6.42 Å². The third-order valence-electron chi connectivity index (χ3n) is 2.27. The van der Waals surface area contributed by atoms with Crippen molar-refractivity contribution in [3.63, 3.8) is 0 Å². The molecule has 1 amide bonds. The van der Waals surface area contributed by atoms with Crippen LogP contribution in [0.3, 0.4) is 0 Å². The van der Waals surface area contributed by atoms with Crippen LogP contribution in [0.15, 0.2) is 36.5 Å². The van der Waals surface area contributed by atoms with E-state index in [1.54, 1.807) is 24.4 Å². The topological polar surface area (TPSA) is 42.0 Å². The summed E-state index contributed by atoms with van der Waals surface area (Å²) in [6, 6.07) is 7.95. The molecule has 0 saturated heterocycles. The SMILES string of the molecule is O=C(NCCc1ccc(F)cc1)c1ccns1. The fraction of sp³-hybridized carbons (Fsp3) is 0.167. The lowest BCUT2D eigenvalue weighted by Crippen LogP contribution is -2.24. The minimum absolute atomic E-state index is 0.116. The number of carbonyl (C=O) groups is 1. The molecular formula is C12H11FN2OS. The van der Waals surface area contributed by atoms with E-state index in [1.165, 1.54) is 23.7 Å². The molecule has 0 aliphatic rings. The molecule has 1 heterocycles. The Hall–Kier alpha value is -1.75. The molecule has 17 heavy (non-hydrogen) atoms. The summed E-state index contributed by atoms with van der Waals surface area (Å²) in [7, 11) is 0. The Kier molecular flexibility index (Phi) is 3.82. The number of hydrogen-bond donors (Lipinski definition) is 1. The van der Waals surface area contributed by atoms with Gasteiger partial charge in [-0.25, -0.2) is 8.76 Å². The molecule has 0 aliphatic carbocycles. The number of nitrogens with one attached hydrogen (secondary N) is 1. The summed E-state index contributed by atoms with van der Waals surface area (Å²) in [5.41, 5.74) is 0.996. The van der Waals surface area contributed by atoms with Crippen molar-refractivity contribution >= 4 is 17.4 Å². The van der Waals surface area contributed by atoms with Crippen molar-refractivity contribution in [2.45, 2.75) is 6.42 Å². The largest absolute Gasteiger partial charge is 0.351 e. The van der Waals surface area contributed by atoms with E-state index >= 15 is 0 Å². The van der Waals surface area contributed by atoms with Gasteiger partial charge in [0.25, 0.3) is 5.91 Å². The maximum atomic E-state index is 12.6. The zero-order chi connectivity index (χ0) is 12.1. The lowest BCUT2D eigenvalue weighted by molar-refractivity contribution is 0.0958. The summed E-state index contributed by atoms with van der Waals surface area (Å²) in [5.74, 6) is -0.364. The molecule has 1 aromatic heterocycles. The molecule has 88 valence electrons. The van der Waals surface area contributed by atoms with Gasteiger partial charge in [0.15, 0.2) is 0 Å². The Balaban J connectivity index is 1.80. The van der Waals surface area contributed by atoms with Crippen molar-refractivity contribution in [1.82, 2.24) is 9.69 Å². The number of aromatic nitrogens is 1. The molecule has 0 spiro atoms. The van der Waals surface area contributed by atoms with Crippen LogP contribution in [-0.4, -0.2) is 16.8 Å². The molecule has 3 nitrogen and oxygen atoms in total. The van der Waals surface area contributed by atoms with E-state index < -0.39 is 0 Å². The zero-order valence-corrected chi connectivity index (χ0v) is 9.84. The van der Waals surface area contributed by atoms with Crippen molar-refractivity contribution in [2.75, 3.05) is 6.54 Å². The first-order valence-electron chi connectivity index (χ1n) is 5.19. The van der Waals surface area contributed by atoms with Crippen LogP contribution < -0.4 is 5.32 Å². The van der Waals surface area contributed by atoms with E-state index in [0.717, 1.165) is 5.56 Å². The minimum atomic E-state index is -0.248. The molecular weight excluding hydrogens is 239 g/mol. The highest BCUT2D eigenvalue weighted by molar-refractivity contribution is 7.08. The third-order valence-corrected chi connectivity index (χ3v) is 3.02. The fourth-order valence-corrected chi connectivity index (χ4v) is 1.90. The van der Waals surface area contributed by atoms with Crippen molar-refractivity contribution in [3.05, 3.63) is 52.8 Å². The second-order valence-electron chi connectivity index (χ2n) is 3.51. The number of amides is 1. The van der Waals surface area contributed by atoms with Gasteiger partial charge in [-0.15, -0.1) is 0 Å². The zero-order valence-electron chi connectivity index (χ0n) is 9.02. The number of rotatable bonds is 4. The summed E-state index contributed by atoms with van der Waals surface area (Å²) in [4.78, 5) is 12.2. The Morgan fingerprint density at radius 2 is 2.06 bits per heavy atom. The molecule has 0 unspecified atom stereocenters. The fourth-order valence-electron chi connectivity index (χ4n) is 1.39. The van der Waals surface area contributed by atoms with Crippen LogP contribution in [0, 0.1) is 5.82 Å². The van der Waals surface area contributed by atoms with Gasteiger partial charge in [-0.1, -0.05) is 12.1 Å². The lowest BCUT2D eigenvalue weighted by atomic mass is 10.1. The maximum Gasteiger partial charge on any atom is 0.262 e. The summed E-state index contributed by atoms with van der Waals surface area (Å²) in [6.45, 7) is 0.530. The second-order valence-corrected chi connectivity index (χ2v) is 4.34. The molecule has 5 heteroatoms. The molecule has 1 aromatic carbocycles. The third kappa shape index (κ3) is 3.35. The van der Waals surface area contributed by atoms with Crippen LogP contribution in [0.1, 0.15) is 15.2 Å². The quantitative estimate of drug-likeness (QED) is 0.904. The first kappa shape index (κ1) is 11.7. The van der Waals surface area contributed by atoms with Crippen molar-refractivity contribution < 1.29 is 9.18 Å². The van der Waals surface area contributed by atoms with E-state index in [4.69, 9.17) is 0 Å². The van der Waals surface area contributed by atoms with Crippen molar-refractivity contribution in [1.29, 1.82) is 0 Å². The van der Waals surface area contributed by atoms with E-state index in [9.17, 15) is 9.18 Å². The lowest BCUT2D eigenvalue weighted by Gasteiger charge is -2.03. The first-order valence-corrected chi connectivity index (χ1v) is 5.96. The number of halogens is 1. The number of hydrogen-bond acceptors (Lipinski definition) is 3. The molecule has 2 rings (SSSR count). The molecule has 0 saturated carbocycles. The standard InChI is InChI=1S/C12H11FN2OS/c13-10-3-1-9(2-4-10)5-7-14-12(16)11-6-8-15-17-11/h1-4,6,8H,5,7H2,(H,14,16). The van der Waals surface area contributed by atoms with Gasteiger partial charge in [0.05, 0.1) is 0 Å². The molecule has 0 bridgehead atoms. The van der Waals surface area contributed by atoms with E-state index in [2.05, 4.69) is 9.69 Å². The minimum Gasteiger partial charge on any atom is -0.351 e. The predicted molar refractivity (Wildman–Crippen MR) is 64.6 cm³/mol. The van der Waals surface area contributed by atoms with Crippen molar-refractivity contribution in [3.8, 4) is 0 Å². The average molecular weight is 250 g/mol. The predicted octanol–water partition coefficient (Wildman–Crippen LogP) is 2.25. The van der Waals surface area contributed by atoms with Gasteiger partial charge in [0, 0.05) is 12.7 Å². The van der Waals surface area contributed by atoms with Gasteiger partial charge in [0.1, 0.15) is 10.7 Å². The maximum absolute atomic E-state index is 12.6.